The minimum atomic E-state index is -0.662. The second-order valence-corrected chi connectivity index (χ2v) is 5.49. The lowest BCUT2D eigenvalue weighted by Gasteiger charge is -2.17. The maximum Gasteiger partial charge on any atom is 0.253 e. The highest BCUT2D eigenvalue weighted by Gasteiger charge is 2.24. The molecule has 3 rings (SSSR count). The Balaban J connectivity index is 1.94. The summed E-state index contributed by atoms with van der Waals surface area (Å²) in [5.41, 5.74) is 2.37. The number of carbonyl (C=O) groups excluding carboxylic acids is 1. The van der Waals surface area contributed by atoms with Crippen molar-refractivity contribution in [3.63, 3.8) is 0 Å². The van der Waals surface area contributed by atoms with E-state index in [1.807, 2.05) is 43.3 Å². The largest absolute Gasteiger partial charge is 0.324 e. The molecular weight excluding hydrogens is 314 g/mol. The fourth-order valence-corrected chi connectivity index (χ4v) is 2.45. The molecule has 0 aliphatic rings. The van der Waals surface area contributed by atoms with E-state index in [1.54, 1.807) is 12.1 Å². The Morgan fingerprint density at radius 2 is 2.00 bits per heavy atom. The van der Waals surface area contributed by atoms with Gasteiger partial charge in [0.15, 0.2) is 6.04 Å². The molecule has 2 aromatic carbocycles. The molecule has 1 aromatic heterocycles. The summed E-state index contributed by atoms with van der Waals surface area (Å²) in [6.45, 7) is 1.90. The van der Waals surface area contributed by atoms with Gasteiger partial charge in [-0.2, -0.15) is 0 Å². The highest BCUT2D eigenvalue weighted by molar-refractivity contribution is 6.31. The lowest BCUT2D eigenvalue weighted by atomic mass is 10.1. The summed E-state index contributed by atoms with van der Waals surface area (Å²) in [6, 6.07) is 14.0. The third-order valence-corrected chi connectivity index (χ3v) is 3.69. The van der Waals surface area contributed by atoms with Crippen molar-refractivity contribution in [3.05, 3.63) is 71.0 Å². The summed E-state index contributed by atoms with van der Waals surface area (Å²) < 4.78 is 1.42. The number of amides is 1. The van der Waals surface area contributed by atoms with Crippen molar-refractivity contribution in [2.75, 3.05) is 5.32 Å². The zero-order chi connectivity index (χ0) is 16.2. The summed E-state index contributed by atoms with van der Waals surface area (Å²) in [7, 11) is 0. The van der Waals surface area contributed by atoms with Gasteiger partial charge >= 0.3 is 0 Å². The second kappa shape index (κ2) is 6.58. The van der Waals surface area contributed by atoms with Crippen LogP contribution in [-0.2, 0) is 4.79 Å². The molecule has 0 fully saturated rings. The van der Waals surface area contributed by atoms with Crippen molar-refractivity contribution in [1.29, 1.82) is 0 Å². The van der Waals surface area contributed by atoms with Crippen LogP contribution in [0.4, 0.5) is 5.69 Å². The molecule has 0 radical (unpaired) electrons. The number of hydrogen-bond donors (Lipinski definition) is 1. The van der Waals surface area contributed by atoms with Crippen molar-refractivity contribution < 1.29 is 4.79 Å². The first-order valence-electron chi connectivity index (χ1n) is 6.99. The molecule has 0 aliphatic carbocycles. The number of nitrogens with zero attached hydrogens (tertiary/aromatic N) is 4. The Labute approximate surface area is 138 Å². The van der Waals surface area contributed by atoms with Crippen LogP contribution in [0.15, 0.2) is 54.9 Å². The van der Waals surface area contributed by atoms with Crippen LogP contribution in [0.5, 0.6) is 0 Å². The molecule has 7 heteroatoms. The van der Waals surface area contributed by atoms with Gasteiger partial charge in [0, 0.05) is 10.7 Å². The fourth-order valence-electron chi connectivity index (χ4n) is 2.28. The van der Waals surface area contributed by atoms with Crippen LogP contribution in [0.2, 0.25) is 5.02 Å². The number of nitrogens with one attached hydrogen (secondary N) is 1. The van der Waals surface area contributed by atoms with E-state index in [2.05, 4.69) is 20.8 Å². The number of halogens is 1. The van der Waals surface area contributed by atoms with Gasteiger partial charge in [-0.3, -0.25) is 4.79 Å². The second-order valence-electron chi connectivity index (χ2n) is 5.05. The van der Waals surface area contributed by atoms with Gasteiger partial charge in [0.25, 0.3) is 5.91 Å². The van der Waals surface area contributed by atoms with Crippen molar-refractivity contribution in [2.24, 2.45) is 0 Å². The van der Waals surface area contributed by atoms with Crippen LogP contribution < -0.4 is 5.32 Å². The highest BCUT2D eigenvalue weighted by Crippen LogP contribution is 2.23. The number of benzene rings is 2. The van der Waals surface area contributed by atoms with Crippen molar-refractivity contribution in [1.82, 2.24) is 20.2 Å². The molecule has 1 amide bonds. The van der Waals surface area contributed by atoms with Crippen LogP contribution in [0.1, 0.15) is 17.2 Å². The first-order chi connectivity index (χ1) is 11.1. The molecule has 0 spiro atoms. The Kier molecular flexibility index (Phi) is 4.34. The number of aromatic nitrogens is 4. The van der Waals surface area contributed by atoms with Gasteiger partial charge < -0.3 is 5.32 Å². The topological polar surface area (TPSA) is 72.7 Å². The molecule has 0 unspecified atom stereocenters. The Hall–Kier alpha value is -2.73. The first-order valence-corrected chi connectivity index (χ1v) is 7.37. The van der Waals surface area contributed by atoms with E-state index >= 15 is 0 Å². The molecule has 3 aromatic rings. The maximum atomic E-state index is 12.8. The van der Waals surface area contributed by atoms with Crippen LogP contribution in [-0.4, -0.2) is 26.1 Å². The smallest absolute Gasteiger partial charge is 0.253 e. The Morgan fingerprint density at radius 1 is 1.22 bits per heavy atom. The predicted octanol–water partition coefficient (Wildman–Crippen LogP) is 2.86. The molecule has 1 N–H and O–H groups in total. The normalized spacial score (nSPS) is 11.9. The molecule has 1 atom stereocenters. The van der Waals surface area contributed by atoms with Crippen molar-refractivity contribution >= 4 is 23.2 Å². The van der Waals surface area contributed by atoms with E-state index < -0.39 is 6.04 Å². The Morgan fingerprint density at radius 3 is 2.70 bits per heavy atom. The van der Waals surface area contributed by atoms with Gasteiger partial charge in [0.05, 0.1) is 0 Å². The molecule has 0 saturated heterocycles. The monoisotopic (exact) mass is 327 g/mol. The number of tetrazole rings is 1. The van der Waals surface area contributed by atoms with Crippen LogP contribution in [0.3, 0.4) is 0 Å². The summed E-state index contributed by atoms with van der Waals surface area (Å²) in [4.78, 5) is 12.8. The third-order valence-electron chi connectivity index (χ3n) is 3.45. The molecule has 116 valence electrons. The van der Waals surface area contributed by atoms with Gasteiger partial charge in [0.1, 0.15) is 6.33 Å². The fraction of sp³-hybridized carbons (Fsp3) is 0.125. The van der Waals surface area contributed by atoms with E-state index in [0.29, 0.717) is 10.7 Å². The number of rotatable bonds is 4. The molecular formula is C16H14ClN5O. The van der Waals surface area contributed by atoms with Crippen LogP contribution in [0.25, 0.3) is 0 Å². The van der Waals surface area contributed by atoms with Crippen LogP contribution >= 0.6 is 11.6 Å². The van der Waals surface area contributed by atoms with Crippen molar-refractivity contribution in [3.8, 4) is 0 Å². The SMILES string of the molecule is Cc1ccc(Cl)cc1NC(=O)[C@@H](c1ccccc1)n1cnnn1. The Bertz CT molecular complexity index is 805. The van der Waals surface area contributed by atoms with Crippen molar-refractivity contribution in [2.45, 2.75) is 13.0 Å². The van der Waals surface area contributed by atoms with Gasteiger partial charge in [-0.1, -0.05) is 48.0 Å². The summed E-state index contributed by atoms with van der Waals surface area (Å²) >= 11 is 6.01. The molecule has 1 heterocycles. The average molecular weight is 328 g/mol. The predicted molar refractivity (Wildman–Crippen MR) is 87.2 cm³/mol. The summed E-state index contributed by atoms with van der Waals surface area (Å²) in [5.74, 6) is -0.242. The standard InChI is InChI=1S/C16H14ClN5O/c1-11-7-8-13(17)9-14(11)19-16(23)15(22-10-18-20-21-22)12-5-3-2-4-6-12/h2-10,15H,1H3,(H,19,23)/t15-/m1/s1. The third kappa shape index (κ3) is 3.37. The molecule has 0 aliphatic heterocycles. The lowest BCUT2D eigenvalue weighted by Crippen LogP contribution is -2.27. The minimum absolute atomic E-state index is 0.242. The molecule has 0 saturated carbocycles. The van der Waals surface area contributed by atoms with Crippen LogP contribution in [0, 0.1) is 6.92 Å². The molecule has 23 heavy (non-hydrogen) atoms. The van der Waals surface area contributed by atoms with Gasteiger partial charge in [-0.25, -0.2) is 4.68 Å². The number of aryl methyl sites for hydroxylation is 1. The van der Waals surface area contributed by atoms with E-state index in [0.717, 1.165) is 11.1 Å². The molecule has 6 nitrogen and oxygen atoms in total. The van der Waals surface area contributed by atoms with E-state index in [-0.39, 0.29) is 5.91 Å². The minimum Gasteiger partial charge on any atom is -0.324 e. The van der Waals surface area contributed by atoms with E-state index in [9.17, 15) is 4.79 Å². The van der Waals surface area contributed by atoms with E-state index in [4.69, 9.17) is 11.6 Å². The average Bonchev–Trinajstić information content (AvgIpc) is 3.06. The number of hydrogen-bond acceptors (Lipinski definition) is 4. The zero-order valence-electron chi connectivity index (χ0n) is 12.3. The number of carbonyl (C=O) groups is 1. The lowest BCUT2D eigenvalue weighted by molar-refractivity contribution is -0.118. The molecule has 0 bridgehead atoms. The van der Waals surface area contributed by atoms with Gasteiger partial charge in [-0.05, 0) is 40.6 Å². The number of anilines is 1. The quantitative estimate of drug-likeness (QED) is 0.799. The van der Waals surface area contributed by atoms with Gasteiger partial charge in [0.2, 0.25) is 0 Å². The van der Waals surface area contributed by atoms with Gasteiger partial charge in [-0.15, -0.1) is 5.10 Å². The first kappa shape index (κ1) is 15.2. The van der Waals surface area contributed by atoms with E-state index in [1.165, 1.54) is 11.0 Å². The summed E-state index contributed by atoms with van der Waals surface area (Å²) in [5, 5.41) is 14.6. The zero-order valence-corrected chi connectivity index (χ0v) is 13.1. The maximum absolute atomic E-state index is 12.8. The highest BCUT2D eigenvalue weighted by atomic mass is 35.5. The summed E-state index contributed by atoms with van der Waals surface area (Å²) in [6.07, 6.45) is 1.42.